The van der Waals surface area contributed by atoms with Gasteiger partial charge < -0.3 is 5.32 Å². The molecular weight excluding hydrogens is 170 g/mol. The van der Waals surface area contributed by atoms with Gasteiger partial charge in [-0.25, -0.2) is 0 Å². The standard InChI is InChI=1S/C9H15N.2C2H6/c1-3-8-6-5-7-10-9(8)4-2;2*1-2/h3,10H,1,4-7H2,2H3;2*1-2H3. The molecule has 1 N–H and O–H groups in total. The van der Waals surface area contributed by atoms with Gasteiger partial charge in [-0.05, 0) is 24.8 Å². The van der Waals surface area contributed by atoms with Crippen LogP contribution in [0.5, 0.6) is 0 Å². The van der Waals surface area contributed by atoms with E-state index in [4.69, 9.17) is 0 Å². The first-order chi connectivity index (χ1) is 6.88. The molecule has 0 saturated heterocycles. The van der Waals surface area contributed by atoms with Crippen molar-refractivity contribution in [1.82, 2.24) is 5.32 Å². The van der Waals surface area contributed by atoms with Gasteiger partial charge in [0.05, 0.1) is 0 Å². The van der Waals surface area contributed by atoms with Gasteiger partial charge in [0.2, 0.25) is 0 Å². The summed E-state index contributed by atoms with van der Waals surface area (Å²) in [6, 6.07) is 0. The lowest BCUT2D eigenvalue weighted by atomic mass is 10.0. The minimum absolute atomic E-state index is 1.11. The van der Waals surface area contributed by atoms with Gasteiger partial charge in [-0.1, -0.05) is 47.3 Å². The van der Waals surface area contributed by atoms with E-state index in [1.165, 1.54) is 24.1 Å². The molecule has 0 aromatic heterocycles. The number of hydrogen-bond acceptors (Lipinski definition) is 1. The van der Waals surface area contributed by atoms with E-state index in [2.05, 4.69) is 18.8 Å². The summed E-state index contributed by atoms with van der Waals surface area (Å²) in [5.41, 5.74) is 2.80. The van der Waals surface area contributed by atoms with E-state index in [-0.39, 0.29) is 0 Å². The maximum Gasteiger partial charge on any atom is 0.0147 e. The summed E-state index contributed by atoms with van der Waals surface area (Å²) in [7, 11) is 0. The fraction of sp³-hybridized carbons (Fsp3) is 0.692. The first kappa shape index (κ1) is 15.7. The van der Waals surface area contributed by atoms with Crippen molar-refractivity contribution < 1.29 is 0 Å². The van der Waals surface area contributed by atoms with Crippen LogP contribution in [0.1, 0.15) is 53.9 Å². The lowest BCUT2D eigenvalue weighted by Crippen LogP contribution is -2.20. The smallest absolute Gasteiger partial charge is 0.0147 e. The fourth-order valence-electron chi connectivity index (χ4n) is 1.36. The van der Waals surface area contributed by atoms with Crippen LogP contribution in [0, 0.1) is 0 Å². The molecule has 0 saturated carbocycles. The molecule has 1 aliphatic rings. The third kappa shape index (κ3) is 5.85. The highest BCUT2D eigenvalue weighted by molar-refractivity contribution is 5.24. The zero-order valence-electron chi connectivity index (χ0n) is 10.6. The zero-order valence-corrected chi connectivity index (χ0v) is 10.6. The van der Waals surface area contributed by atoms with Crippen LogP contribution < -0.4 is 5.32 Å². The molecule has 0 aromatic carbocycles. The minimum Gasteiger partial charge on any atom is -0.388 e. The molecule has 0 radical (unpaired) electrons. The molecule has 84 valence electrons. The molecule has 0 fully saturated rings. The van der Waals surface area contributed by atoms with E-state index in [9.17, 15) is 0 Å². The molecule has 14 heavy (non-hydrogen) atoms. The SMILES string of the molecule is C=CC1=C(CC)NCCC1.CC.CC. The van der Waals surface area contributed by atoms with Crippen LogP contribution in [-0.4, -0.2) is 6.54 Å². The van der Waals surface area contributed by atoms with Gasteiger partial charge in [0.15, 0.2) is 0 Å². The Labute approximate surface area is 90.3 Å². The predicted molar refractivity (Wildman–Crippen MR) is 67.4 cm³/mol. The van der Waals surface area contributed by atoms with E-state index in [1.807, 2.05) is 33.8 Å². The molecule has 1 heteroatoms. The third-order valence-electron chi connectivity index (χ3n) is 1.95. The Kier molecular flexibility index (Phi) is 13.8. The highest BCUT2D eigenvalue weighted by Gasteiger charge is 2.06. The summed E-state index contributed by atoms with van der Waals surface area (Å²) < 4.78 is 0. The van der Waals surface area contributed by atoms with E-state index < -0.39 is 0 Å². The predicted octanol–water partition coefficient (Wildman–Crippen LogP) is 4.27. The second-order valence-corrected chi connectivity index (χ2v) is 2.59. The van der Waals surface area contributed by atoms with Gasteiger partial charge in [0.25, 0.3) is 0 Å². The maximum absolute atomic E-state index is 3.78. The van der Waals surface area contributed by atoms with Gasteiger partial charge in [-0.3, -0.25) is 0 Å². The van der Waals surface area contributed by atoms with Gasteiger partial charge in [0, 0.05) is 12.2 Å². The molecule has 1 aliphatic heterocycles. The number of hydrogen-bond donors (Lipinski definition) is 1. The molecule has 1 nitrogen and oxygen atoms in total. The van der Waals surface area contributed by atoms with Crippen LogP contribution in [0.3, 0.4) is 0 Å². The molecule has 1 rings (SSSR count). The van der Waals surface area contributed by atoms with E-state index in [1.54, 1.807) is 0 Å². The van der Waals surface area contributed by atoms with Crippen LogP contribution in [0.25, 0.3) is 0 Å². The summed E-state index contributed by atoms with van der Waals surface area (Å²) in [5, 5.41) is 3.38. The van der Waals surface area contributed by atoms with Crippen LogP contribution in [0.2, 0.25) is 0 Å². The molecule has 0 unspecified atom stereocenters. The van der Waals surface area contributed by atoms with E-state index >= 15 is 0 Å². The van der Waals surface area contributed by atoms with Crippen LogP contribution in [0.4, 0.5) is 0 Å². The molecule has 0 atom stereocenters. The largest absolute Gasteiger partial charge is 0.388 e. The Morgan fingerprint density at radius 1 is 1.29 bits per heavy atom. The van der Waals surface area contributed by atoms with Crippen molar-refractivity contribution in [3.63, 3.8) is 0 Å². The van der Waals surface area contributed by atoms with E-state index in [0.29, 0.717) is 0 Å². The highest BCUT2D eigenvalue weighted by Crippen LogP contribution is 2.16. The van der Waals surface area contributed by atoms with Gasteiger partial charge in [0.1, 0.15) is 0 Å². The number of rotatable bonds is 2. The van der Waals surface area contributed by atoms with Crippen molar-refractivity contribution in [1.29, 1.82) is 0 Å². The van der Waals surface area contributed by atoms with Crippen LogP contribution in [-0.2, 0) is 0 Å². The Hall–Kier alpha value is -0.720. The third-order valence-corrected chi connectivity index (χ3v) is 1.95. The molecule has 0 aliphatic carbocycles. The monoisotopic (exact) mass is 197 g/mol. The second-order valence-electron chi connectivity index (χ2n) is 2.59. The topological polar surface area (TPSA) is 12.0 Å². The van der Waals surface area contributed by atoms with Crippen molar-refractivity contribution in [3.05, 3.63) is 23.9 Å². The van der Waals surface area contributed by atoms with Crippen molar-refractivity contribution in [2.24, 2.45) is 0 Å². The second kappa shape index (κ2) is 12.3. The van der Waals surface area contributed by atoms with Gasteiger partial charge in [-0.15, -0.1) is 0 Å². The molecule has 1 heterocycles. The molecule has 0 aromatic rings. The highest BCUT2D eigenvalue weighted by atomic mass is 14.9. The summed E-state index contributed by atoms with van der Waals surface area (Å²) >= 11 is 0. The van der Waals surface area contributed by atoms with Crippen LogP contribution >= 0.6 is 0 Å². The Balaban J connectivity index is 0. The average molecular weight is 197 g/mol. The number of nitrogens with one attached hydrogen (secondary N) is 1. The average Bonchev–Trinajstić information content (AvgIpc) is 2.34. The zero-order chi connectivity index (χ0) is 11.4. The quantitative estimate of drug-likeness (QED) is 0.697. The van der Waals surface area contributed by atoms with Crippen molar-refractivity contribution in [3.8, 4) is 0 Å². The molecule has 0 spiro atoms. The Morgan fingerprint density at radius 3 is 2.21 bits per heavy atom. The molecular formula is C13H27N. The summed E-state index contributed by atoms with van der Waals surface area (Å²) in [5.74, 6) is 0. The summed E-state index contributed by atoms with van der Waals surface area (Å²) in [6.45, 7) is 15.1. The first-order valence-corrected chi connectivity index (χ1v) is 5.96. The molecule has 0 amide bonds. The fourth-order valence-corrected chi connectivity index (χ4v) is 1.36. The normalized spacial score (nSPS) is 14.1. The lowest BCUT2D eigenvalue weighted by Gasteiger charge is -2.18. The molecule has 0 bridgehead atoms. The van der Waals surface area contributed by atoms with Gasteiger partial charge >= 0.3 is 0 Å². The maximum atomic E-state index is 3.78. The number of allylic oxidation sites excluding steroid dienone is 3. The van der Waals surface area contributed by atoms with Crippen molar-refractivity contribution in [2.45, 2.75) is 53.9 Å². The minimum atomic E-state index is 1.11. The van der Waals surface area contributed by atoms with E-state index in [0.717, 1.165) is 13.0 Å². The van der Waals surface area contributed by atoms with Crippen molar-refractivity contribution in [2.75, 3.05) is 6.54 Å². The van der Waals surface area contributed by atoms with Crippen molar-refractivity contribution >= 4 is 0 Å². The van der Waals surface area contributed by atoms with Crippen LogP contribution in [0.15, 0.2) is 23.9 Å². The summed E-state index contributed by atoms with van der Waals surface area (Å²) in [4.78, 5) is 0. The Bertz CT molecular complexity index is 157. The van der Waals surface area contributed by atoms with Gasteiger partial charge in [-0.2, -0.15) is 0 Å². The Morgan fingerprint density at radius 2 is 1.86 bits per heavy atom. The first-order valence-electron chi connectivity index (χ1n) is 5.96. The summed E-state index contributed by atoms with van der Waals surface area (Å²) in [6.07, 6.45) is 5.55. The lowest BCUT2D eigenvalue weighted by molar-refractivity contribution is 0.651.